The maximum absolute atomic E-state index is 9.03. The number of benzene rings is 2. The summed E-state index contributed by atoms with van der Waals surface area (Å²) in [6.07, 6.45) is 13.4. The molecular weight excluding hydrogens is 376 g/mol. The van der Waals surface area contributed by atoms with Crippen LogP contribution in [0.4, 0.5) is 0 Å². The lowest BCUT2D eigenvalue weighted by molar-refractivity contribution is 0.00800. The second-order valence-electron chi connectivity index (χ2n) is 8.34. The molecule has 0 N–H and O–H groups in total. The minimum atomic E-state index is 0.938. The van der Waals surface area contributed by atoms with Gasteiger partial charge in [0.1, 0.15) is 0 Å². The van der Waals surface area contributed by atoms with Crippen molar-refractivity contribution in [3.05, 3.63) is 88.0 Å². The Morgan fingerprint density at radius 1 is 0.806 bits per heavy atom. The quantitative estimate of drug-likeness (QED) is 0.104. The predicted molar refractivity (Wildman–Crippen MR) is 133 cm³/mol. The van der Waals surface area contributed by atoms with Crippen LogP contribution in [-0.2, 0) is 12.8 Å². The number of rotatable bonds is 13. The van der Waals surface area contributed by atoms with Crippen LogP contribution in [0.25, 0.3) is 11.1 Å². The van der Waals surface area contributed by atoms with Gasteiger partial charge in [-0.2, -0.15) is 0 Å². The summed E-state index contributed by atoms with van der Waals surface area (Å²) in [5.41, 5.74) is 16.7. The maximum Gasteiger partial charge on any atom is 0.299 e. The molecule has 2 nitrogen and oxygen atoms in total. The van der Waals surface area contributed by atoms with Crippen molar-refractivity contribution in [3.63, 3.8) is 0 Å². The van der Waals surface area contributed by atoms with E-state index in [2.05, 4.69) is 80.0 Å². The van der Waals surface area contributed by atoms with Crippen molar-refractivity contribution in [3.8, 4) is 0 Å². The topological polar surface area (TPSA) is 36.4 Å². The molecule has 2 heteroatoms. The van der Waals surface area contributed by atoms with Gasteiger partial charge in [-0.3, -0.25) is 0 Å². The van der Waals surface area contributed by atoms with Crippen LogP contribution < -0.4 is 0 Å². The van der Waals surface area contributed by atoms with Crippen LogP contribution >= 0.6 is 0 Å². The fourth-order valence-electron chi connectivity index (χ4n) is 4.01. The van der Waals surface area contributed by atoms with Gasteiger partial charge in [0.15, 0.2) is 0 Å². The normalized spacial score (nSPS) is 11.5. The van der Waals surface area contributed by atoms with Crippen LogP contribution in [0, 0.1) is 0 Å². The molecular formula is C29H38N2. The zero-order valence-corrected chi connectivity index (χ0v) is 19.7. The molecule has 0 saturated heterocycles. The van der Waals surface area contributed by atoms with E-state index in [1.165, 1.54) is 65.5 Å². The molecule has 0 aliphatic heterocycles. The summed E-state index contributed by atoms with van der Waals surface area (Å²) in [5.74, 6) is 2.68. The van der Waals surface area contributed by atoms with Crippen molar-refractivity contribution < 1.29 is 4.79 Å². The Bertz CT molecular complexity index is 925. The Hall–Kier alpha value is -2.66. The largest absolute Gasteiger partial charge is 0.348 e. The van der Waals surface area contributed by atoms with E-state index >= 15 is 0 Å². The second kappa shape index (κ2) is 14.4. The van der Waals surface area contributed by atoms with E-state index in [1.807, 2.05) is 6.08 Å². The van der Waals surface area contributed by atoms with Gasteiger partial charge in [-0.1, -0.05) is 95.0 Å². The van der Waals surface area contributed by atoms with E-state index in [1.54, 1.807) is 0 Å². The molecule has 0 bridgehead atoms. The van der Waals surface area contributed by atoms with Gasteiger partial charge in [0.2, 0.25) is 0 Å². The van der Waals surface area contributed by atoms with Gasteiger partial charge < -0.3 is 5.53 Å². The summed E-state index contributed by atoms with van der Waals surface area (Å²) in [5, 5.41) is 0. The van der Waals surface area contributed by atoms with Gasteiger partial charge in [-0.05, 0) is 71.9 Å². The number of hydrogen-bond acceptors (Lipinski definition) is 0. The number of aryl methyl sites for hydroxylation is 2. The highest BCUT2D eigenvalue weighted by molar-refractivity contribution is 5.85. The Kier molecular flexibility index (Phi) is 11.4. The SMILES string of the molecule is CCCCCc1cccc(C(=C(C=C=[N+]=[N-])CCCC)c2cccc(CCCC)c2)c1. The zero-order valence-electron chi connectivity index (χ0n) is 19.7. The summed E-state index contributed by atoms with van der Waals surface area (Å²) < 4.78 is 0. The Morgan fingerprint density at radius 2 is 1.39 bits per heavy atom. The average Bonchev–Trinajstić information content (AvgIpc) is 2.80. The zero-order chi connectivity index (χ0) is 22.3. The van der Waals surface area contributed by atoms with E-state index in [4.69, 9.17) is 5.53 Å². The fourth-order valence-corrected chi connectivity index (χ4v) is 4.01. The summed E-state index contributed by atoms with van der Waals surface area (Å²) >= 11 is 0. The summed E-state index contributed by atoms with van der Waals surface area (Å²) in [6.45, 7) is 6.69. The molecule has 31 heavy (non-hydrogen) atoms. The number of unbranched alkanes of at least 4 members (excludes halogenated alkanes) is 4. The molecule has 0 aromatic heterocycles. The third-order valence-electron chi connectivity index (χ3n) is 5.74. The van der Waals surface area contributed by atoms with Crippen molar-refractivity contribution in [1.82, 2.24) is 0 Å². The van der Waals surface area contributed by atoms with Crippen molar-refractivity contribution >= 4 is 11.4 Å². The number of nitrogens with zero attached hydrogens (tertiary/aromatic N) is 2. The number of hydrogen-bond donors (Lipinski definition) is 0. The molecule has 0 unspecified atom stereocenters. The van der Waals surface area contributed by atoms with Crippen molar-refractivity contribution in [1.29, 1.82) is 0 Å². The molecule has 0 atom stereocenters. The highest BCUT2D eigenvalue weighted by Gasteiger charge is 2.13. The van der Waals surface area contributed by atoms with Crippen LogP contribution in [0.3, 0.4) is 0 Å². The molecule has 0 heterocycles. The Labute approximate surface area is 189 Å². The van der Waals surface area contributed by atoms with Crippen LogP contribution in [0.1, 0.15) is 94.4 Å². The van der Waals surface area contributed by atoms with E-state index < -0.39 is 0 Å². The van der Waals surface area contributed by atoms with Gasteiger partial charge >= 0.3 is 0 Å². The first-order valence-corrected chi connectivity index (χ1v) is 12.1. The van der Waals surface area contributed by atoms with Crippen molar-refractivity contribution in [2.75, 3.05) is 0 Å². The van der Waals surface area contributed by atoms with Crippen LogP contribution in [0.2, 0.25) is 0 Å². The molecule has 0 aliphatic rings. The Morgan fingerprint density at radius 3 is 1.94 bits per heavy atom. The lowest BCUT2D eigenvalue weighted by Crippen LogP contribution is -1.98. The molecule has 2 aromatic rings. The molecule has 2 aromatic carbocycles. The first-order chi connectivity index (χ1) is 15.2. The summed E-state index contributed by atoms with van der Waals surface area (Å²) in [6, 6.07) is 17.9. The molecule has 0 radical (unpaired) electrons. The molecule has 0 spiro atoms. The minimum absolute atomic E-state index is 0.938. The average molecular weight is 415 g/mol. The lowest BCUT2D eigenvalue weighted by Gasteiger charge is -2.16. The maximum atomic E-state index is 9.03. The molecule has 0 fully saturated rings. The summed E-state index contributed by atoms with van der Waals surface area (Å²) in [4.78, 5) is 3.14. The highest BCUT2D eigenvalue weighted by atomic mass is 14.8. The standard InChI is InChI=1S/C29H38N2/c1-4-7-10-14-25-16-12-19-28(23-25)29(26(17-9-6-3)20-21-31-30)27-18-11-15-24(22-27)13-8-5-2/h11-12,15-16,18-20,22-23H,4-10,13-14,17H2,1-3H3. The highest BCUT2D eigenvalue weighted by Crippen LogP contribution is 2.31. The Balaban J connectivity index is 2.60. The third kappa shape index (κ3) is 8.18. The molecule has 0 amide bonds. The molecule has 0 aliphatic carbocycles. The van der Waals surface area contributed by atoms with E-state index in [9.17, 15) is 0 Å². The van der Waals surface area contributed by atoms with Gasteiger partial charge in [-0.15, -0.1) is 4.79 Å². The first kappa shape index (κ1) is 24.6. The molecule has 164 valence electrons. The third-order valence-corrected chi connectivity index (χ3v) is 5.74. The van der Waals surface area contributed by atoms with Crippen LogP contribution in [0.15, 0.2) is 60.2 Å². The van der Waals surface area contributed by atoms with E-state index in [0.717, 1.165) is 32.1 Å². The molecule has 0 saturated carbocycles. The van der Waals surface area contributed by atoms with Gasteiger partial charge in [0.05, 0.1) is 6.08 Å². The van der Waals surface area contributed by atoms with Crippen molar-refractivity contribution in [2.45, 2.75) is 85.0 Å². The van der Waals surface area contributed by atoms with Crippen LogP contribution in [0.5, 0.6) is 0 Å². The van der Waals surface area contributed by atoms with E-state index in [-0.39, 0.29) is 0 Å². The number of allylic oxidation sites excluding steroid dienone is 2. The van der Waals surface area contributed by atoms with Gasteiger partial charge in [0, 0.05) is 0 Å². The fraction of sp³-hybridized carbons (Fsp3) is 0.448. The van der Waals surface area contributed by atoms with Gasteiger partial charge in [0.25, 0.3) is 5.87 Å². The van der Waals surface area contributed by atoms with Gasteiger partial charge in [-0.25, -0.2) is 0 Å². The molecule has 2 rings (SSSR count). The van der Waals surface area contributed by atoms with E-state index in [0.29, 0.717) is 0 Å². The second-order valence-corrected chi connectivity index (χ2v) is 8.34. The smallest absolute Gasteiger partial charge is 0.299 e. The minimum Gasteiger partial charge on any atom is -0.348 e. The lowest BCUT2D eigenvalue weighted by atomic mass is 9.88. The summed E-state index contributed by atoms with van der Waals surface area (Å²) in [7, 11) is 0. The van der Waals surface area contributed by atoms with Crippen LogP contribution in [-0.4, -0.2) is 10.7 Å². The van der Waals surface area contributed by atoms with Crippen molar-refractivity contribution in [2.24, 2.45) is 0 Å². The monoisotopic (exact) mass is 414 g/mol. The predicted octanol–water partition coefficient (Wildman–Crippen LogP) is 8.21. The first-order valence-electron chi connectivity index (χ1n) is 12.1.